The highest BCUT2D eigenvalue weighted by Gasteiger charge is 2.12. The number of hydrogen-bond donors (Lipinski definition) is 3. The first-order valence-corrected chi connectivity index (χ1v) is 2.69. The zero-order chi connectivity index (χ0) is 7.44. The highest BCUT2D eigenvalue weighted by Crippen LogP contribution is 1.93. The predicted molar refractivity (Wildman–Crippen MR) is 39.2 cm³/mol. The molecule has 5 heteroatoms. The smallest absolute Gasteiger partial charge is 0.305 e. The van der Waals surface area contributed by atoms with E-state index in [0.717, 1.165) is 0 Å². The van der Waals surface area contributed by atoms with Crippen molar-refractivity contribution in [3.8, 4) is 0 Å². The van der Waals surface area contributed by atoms with Crippen molar-refractivity contribution < 1.29 is 15.0 Å². The van der Waals surface area contributed by atoms with Gasteiger partial charge in [0.25, 0.3) is 0 Å². The SMILES string of the molecule is C[C@H](O)[C@@H](N)CC(=O)O.Cl. The van der Waals surface area contributed by atoms with E-state index in [1.165, 1.54) is 6.92 Å². The second-order valence-corrected chi connectivity index (χ2v) is 2.00. The van der Waals surface area contributed by atoms with Crippen LogP contribution in [0.5, 0.6) is 0 Å². The zero-order valence-electron chi connectivity index (χ0n) is 5.65. The minimum atomic E-state index is -0.983. The lowest BCUT2D eigenvalue weighted by Gasteiger charge is -2.10. The van der Waals surface area contributed by atoms with Gasteiger partial charge in [-0.2, -0.15) is 0 Å². The van der Waals surface area contributed by atoms with Gasteiger partial charge in [-0.25, -0.2) is 0 Å². The summed E-state index contributed by atoms with van der Waals surface area (Å²) in [5.41, 5.74) is 5.19. The van der Waals surface area contributed by atoms with Crippen LogP contribution < -0.4 is 5.73 Å². The molecule has 0 aromatic rings. The summed E-state index contributed by atoms with van der Waals surface area (Å²) in [6.07, 6.45) is -0.932. The van der Waals surface area contributed by atoms with Crippen molar-refractivity contribution in [2.75, 3.05) is 0 Å². The zero-order valence-corrected chi connectivity index (χ0v) is 6.47. The normalized spacial score (nSPS) is 15.1. The quantitative estimate of drug-likeness (QED) is 0.537. The van der Waals surface area contributed by atoms with Crippen molar-refractivity contribution >= 4 is 18.4 Å². The molecule has 0 aliphatic rings. The lowest BCUT2D eigenvalue weighted by molar-refractivity contribution is -0.138. The largest absolute Gasteiger partial charge is 0.481 e. The van der Waals surface area contributed by atoms with Gasteiger partial charge >= 0.3 is 5.97 Å². The van der Waals surface area contributed by atoms with Crippen molar-refractivity contribution in [1.29, 1.82) is 0 Å². The van der Waals surface area contributed by atoms with Crippen molar-refractivity contribution in [2.45, 2.75) is 25.5 Å². The van der Waals surface area contributed by atoms with Crippen molar-refractivity contribution in [1.82, 2.24) is 0 Å². The van der Waals surface area contributed by atoms with Crippen LogP contribution in [0, 0.1) is 0 Å². The van der Waals surface area contributed by atoms with E-state index in [4.69, 9.17) is 15.9 Å². The Balaban J connectivity index is 0. The molecule has 62 valence electrons. The molecule has 0 aromatic carbocycles. The minimum Gasteiger partial charge on any atom is -0.481 e. The lowest BCUT2D eigenvalue weighted by Crippen LogP contribution is -2.34. The number of hydrogen-bond acceptors (Lipinski definition) is 3. The highest BCUT2D eigenvalue weighted by molar-refractivity contribution is 5.85. The second-order valence-electron chi connectivity index (χ2n) is 2.00. The van der Waals surface area contributed by atoms with Gasteiger partial charge in [0, 0.05) is 6.04 Å². The average molecular weight is 170 g/mol. The predicted octanol–water partition coefficient (Wildman–Crippen LogP) is -0.409. The van der Waals surface area contributed by atoms with Gasteiger partial charge < -0.3 is 15.9 Å². The van der Waals surface area contributed by atoms with Gasteiger partial charge in [0.2, 0.25) is 0 Å². The Kier molecular flexibility index (Phi) is 6.76. The third-order valence-electron chi connectivity index (χ3n) is 1.03. The molecule has 10 heavy (non-hydrogen) atoms. The highest BCUT2D eigenvalue weighted by atomic mass is 35.5. The molecule has 0 saturated heterocycles. The molecule has 4 nitrogen and oxygen atoms in total. The first-order valence-electron chi connectivity index (χ1n) is 2.69. The molecule has 0 rings (SSSR count). The third-order valence-corrected chi connectivity index (χ3v) is 1.03. The summed E-state index contributed by atoms with van der Waals surface area (Å²) >= 11 is 0. The number of carboxylic acid groups (broad SMARTS) is 1. The first-order chi connectivity index (χ1) is 4.04. The topological polar surface area (TPSA) is 83.5 Å². The van der Waals surface area contributed by atoms with Gasteiger partial charge in [-0.3, -0.25) is 4.79 Å². The third kappa shape index (κ3) is 5.81. The Morgan fingerprint density at radius 2 is 2.10 bits per heavy atom. The standard InChI is InChI=1S/C5H11NO3.ClH/c1-3(7)4(6)2-5(8)9;/h3-4,7H,2,6H2,1H3,(H,8,9);1H/t3-,4-;/m0./s1. The molecule has 0 aliphatic heterocycles. The molecule has 0 bridgehead atoms. The molecule has 0 unspecified atom stereocenters. The number of halogens is 1. The number of nitrogens with two attached hydrogens (primary N) is 1. The fourth-order valence-corrected chi connectivity index (χ4v) is 0.372. The van der Waals surface area contributed by atoms with Gasteiger partial charge in [0.05, 0.1) is 12.5 Å². The van der Waals surface area contributed by atoms with Gasteiger partial charge in [-0.15, -0.1) is 12.4 Å². The molecular weight excluding hydrogens is 158 g/mol. The molecule has 0 amide bonds. The Morgan fingerprint density at radius 3 is 2.20 bits per heavy atom. The maximum Gasteiger partial charge on any atom is 0.305 e. The Labute approximate surface area is 65.4 Å². The molecule has 0 radical (unpaired) electrons. The molecule has 0 saturated carbocycles. The molecule has 2 atom stereocenters. The number of aliphatic hydroxyl groups is 1. The summed E-state index contributed by atoms with van der Waals surface area (Å²) in [5.74, 6) is -0.983. The molecular formula is C5H12ClNO3. The van der Waals surface area contributed by atoms with E-state index in [1.54, 1.807) is 0 Å². The van der Waals surface area contributed by atoms with E-state index in [1.807, 2.05) is 0 Å². The number of rotatable bonds is 3. The van der Waals surface area contributed by atoms with Crippen LogP contribution in [0.3, 0.4) is 0 Å². The Morgan fingerprint density at radius 1 is 1.70 bits per heavy atom. The summed E-state index contributed by atoms with van der Waals surface area (Å²) in [5, 5.41) is 16.8. The van der Waals surface area contributed by atoms with Crippen LogP contribution in [0.1, 0.15) is 13.3 Å². The molecule has 0 spiro atoms. The summed E-state index contributed by atoms with van der Waals surface area (Å²) in [6.45, 7) is 1.47. The van der Waals surface area contributed by atoms with E-state index in [0.29, 0.717) is 0 Å². The lowest BCUT2D eigenvalue weighted by atomic mass is 10.1. The summed E-state index contributed by atoms with van der Waals surface area (Å²) < 4.78 is 0. The fourth-order valence-electron chi connectivity index (χ4n) is 0.372. The maximum atomic E-state index is 9.92. The summed E-state index contributed by atoms with van der Waals surface area (Å²) in [6, 6.07) is -0.650. The summed E-state index contributed by atoms with van der Waals surface area (Å²) in [4.78, 5) is 9.92. The Hall–Kier alpha value is -0.320. The van der Waals surface area contributed by atoms with Gasteiger partial charge in [-0.1, -0.05) is 0 Å². The van der Waals surface area contributed by atoms with E-state index < -0.39 is 18.1 Å². The summed E-state index contributed by atoms with van der Waals surface area (Å²) in [7, 11) is 0. The van der Waals surface area contributed by atoms with Gasteiger partial charge in [0.1, 0.15) is 0 Å². The molecule has 0 aliphatic carbocycles. The number of carbonyl (C=O) groups is 1. The van der Waals surface area contributed by atoms with E-state index in [2.05, 4.69) is 0 Å². The van der Waals surface area contributed by atoms with Crippen LogP contribution in [-0.2, 0) is 4.79 Å². The average Bonchev–Trinajstić information content (AvgIpc) is 1.63. The van der Waals surface area contributed by atoms with Crippen LogP contribution in [0.2, 0.25) is 0 Å². The van der Waals surface area contributed by atoms with E-state index in [9.17, 15) is 4.79 Å². The van der Waals surface area contributed by atoms with Crippen molar-refractivity contribution in [2.24, 2.45) is 5.73 Å². The van der Waals surface area contributed by atoms with Crippen LogP contribution in [-0.4, -0.2) is 28.3 Å². The van der Waals surface area contributed by atoms with Crippen LogP contribution in [0.25, 0.3) is 0 Å². The second kappa shape index (κ2) is 5.46. The number of aliphatic hydroxyl groups excluding tert-OH is 1. The molecule has 0 aromatic heterocycles. The van der Waals surface area contributed by atoms with E-state index in [-0.39, 0.29) is 18.8 Å². The fraction of sp³-hybridized carbons (Fsp3) is 0.800. The number of aliphatic carboxylic acids is 1. The first kappa shape index (κ1) is 12.4. The molecule has 0 fully saturated rings. The van der Waals surface area contributed by atoms with Crippen LogP contribution in [0.4, 0.5) is 0 Å². The molecule has 0 heterocycles. The Bertz CT molecular complexity index is 107. The monoisotopic (exact) mass is 169 g/mol. The minimum absolute atomic E-state index is 0. The van der Waals surface area contributed by atoms with Crippen LogP contribution >= 0.6 is 12.4 Å². The van der Waals surface area contributed by atoms with Gasteiger partial charge in [-0.05, 0) is 6.92 Å². The van der Waals surface area contributed by atoms with Crippen LogP contribution in [0.15, 0.2) is 0 Å². The van der Waals surface area contributed by atoms with E-state index >= 15 is 0 Å². The number of carboxylic acids is 1. The molecule has 4 N–H and O–H groups in total. The van der Waals surface area contributed by atoms with Crippen molar-refractivity contribution in [3.05, 3.63) is 0 Å². The maximum absolute atomic E-state index is 9.92. The van der Waals surface area contributed by atoms with Gasteiger partial charge in [0.15, 0.2) is 0 Å². The van der Waals surface area contributed by atoms with Crippen molar-refractivity contribution in [3.63, 3.8) is 0 Å².